The fourth-order valence-corrected chi connectivity index (χ4v) is 1.29. The molecular formula is C13H21NO. The van der Waals surface area contributed by atoms with Crippen molar-refractivity contribution in [2.75, 3.05) is 11.9 Å². The van der Waals surface area contributed by atoms with Crippen molar-refractivity contribution in [1.29, 1.82) is 0 Å². The maximum Gasteiger partial charge on any atom is 0.142 e. The molecule has 15 heavy (non-hydrogen) atoms. The molecule has 0 heterocycles. The molecule has 1 N–H and O–H groups in total. The molecule has 0 spiro atoms. The van der Waals surface area contributed by atoms with E-state index in [2.05, 4.69) is 32.2 Å². The van der Waals surface area contributed by atoms with Crippen LogP contribution in [-0.2, 0) is 0 Å². The number of ether oxygens (including phenoxy) is 1. The summed E-state index contributed by atoms with van der Waals surface area (Å²) >= 11 is 0. The van der Waals surface area contributed by atoms with Crippen molar-refractivity contribution in [3.8, 4) is 5.75 Å². The van der Waals surface area contributed by atoms with Gasteiger partial charge >= 0.3 is 0 Å². The quantitative estimate of drug-likeness (QED) is 0.768. The predicted octanol–water partition coefficient (Wildman–Crippen LogP) is 3.69. The van der Waals surface area contributed by atoms with E-state index in [1.54, 1.807) is 0 Å². The summed E-state index contributed by atoms with van der Waals surface area (Å²) < 4.78 is 5.67. The maximum absolute atomic E-state index is 5.67. The molecule has 0 fully saturated rings. The van der Waals surface area contributed by atoms with Crippen LogP contribution < -0.4 is 10.1 Å². The number of hydrogen-bond acceptors (Lipinski definition) is 2. The molecule has 1 atom stereocenters. The molecule has 2 heteroatoms. The van der Waals surface area contributed by atoms with Gasteiger partial charge in [-0.15, -0.1) is 0 Å². The lowest BCUT2D eigenvalue weighted by molar-refractivity contribution is 0.318. The third-order valence-corrected chi connectivity index (χ3v) is 2.36. The number of nitrogens with one attached hydrogen (secondary N) is 1. The molecule has 1 aromatic rings. The van der Waals surface area contributed by atoms with E-state index in [4.69, 9.17) is 4.74 Å². The molecular weight excluding hydrogens is 186 g/mol. The van der Waals surface area contributed by atoms with Gasteiger partial charge in [0.15, 0.2) is 0 Å². The first-order valence-corrected chi connectivity index (χ1v) is 5.76. The average molecular weight is 207 g/mol. The molecule has 0 bridgehead atoms. The van der Waals surface area contributed by atoms with Crippen LogP contribution in [0.15, 0.2) is 24.3 Å². The Morgan fingerprint density at radius 1 is 1.27 bits per heavy atom. The monoisotopic (exact) mass is 207 g/mol. The number of rotatable bonds is 6. The summed E-state index contributed by atoms with van der Waals surface area (Å²) in [4.78, 5) is 0. The van der Waals surface area contributed by atoms with Gasteiger partial charge in [0.1, 0.15) is 5.75 Å². The highest BCUT2D eigenvalue weighted by Gasteiger charge is 2.04. The van der Waals surface area contributed by atoms with Gasteiger partial charge in [-0.3, -0.25) is 0 Å². The summed E-state index contributed by atoms with van der Waals surface area (Å²) in [6.45, 7) is 7.24. The Morgan fingerprint density at radius 3 is 2.67 bits per heavy atom. The molecule has 0 aliphatic carbocycles. The van der Waals surface area contributed by atoms with E-state index in [-0.39, 0.29) is 0 Å². The SMILES string of the molecule is CCCOc1ccccc1NC(C)CC. The van der Waals surface area contributed by atoms with Gasteiger partial charge in [0, 0.05) is 6.04 Å². The highest BCUT2D eigenvalue weighted by molar-refractivity contribution is 5.56. The molecule has 0 saturated carbocycles. The molecule has 0 aromatic heterocycles. The van der Waals surface area contributed by atoms with Crippen LogP contribution in [-0.4, -0.2) is 12.6 Å². The lowest BCUT2D eigenvalue weighted by Crippen LogP contribution is -2.14. The Balaban J connectivity index is 2.67. The number of hydrogen-bond donors (Lipinski definition) is 1. The average Bonchev–Trinajstić information content (AvgIpc) is 2.28. The van der Waals surface area contributed by atoms with Crippen LogP contribution in [0.1, 0.15) is 33.6 Å². The smallest absolute Gasteiger partial charge is 0.142 e. The Labute approximate surface area is 92.6 Å². The summed E-state index contributed by atoms with van der Waals surface area (Å²) in [5.41, 5.74) is 1.10. The van der Waals surface area contributed by atoms with Crippen molar-refractivity contribution >= 4 is 5.69 Å². The summed E-state index contributed by atoms with van der Waals surface area (Å²) in [5.74, 6) is 0.958. The molecule has 84 valence electrons. The largest absolute Gasteiger partial charge is 0.491 e. The van der Waals surface area contributed by atoms with Crippen LogP contribution in [0.25, 0.3) is 0 Å². The van der Waals surface area contributed by atoms with Crippen molar-refractivity contribution < 1.29 is 4.74 Å². The minimum absolute atomic E-state index is 0.483. The fraction of sp³-hybridized carbons (Fsp3) is 0.538. The second kappa shape index (κ2) is 6.33. The Kier molecular flexibility index (Phi) is 5.02. The van der Waals surface area contributed by atoms with Gasteiger partial charge in [-0.2, -0.15) is 0 Å². The summed E-state index contributed by atoms with van der Waals surface area (Å²) in [6.07, 6.45) is 2.15. The lowest BCUT2D eigenvalue weighted by Gasteiger charge is -2.16. The third kappa shape index (κ3) is 3.82. The van der Waals surface area contributed by atoms with Crippen LogP contribution in [0.2, 0.25) is 0 Å². The van der Waals surface area contributed by atoms with Gasteiger partial charge < -0.3 is 10.1 Å². The van der Waals surface area contributed by atoms with Gasteiger partial charge in [-0.1, -0.05) is 26.0 Å². The van der Waals surface area contributed by atoms with Gasteiger partial charge in [-0.05, 0) is 31.9 Å². The van der Waals surface area contributed by atoms with Gasteiger partial charge in [0.05, 0.1) is 12.3 Å². The van der Waals surface area contributed by atoms with Gasteiger partial charge in [0.2, 0.25) is 0 Å². The van der Waals surface area contributed by atoms with Crippen molar-refractivity contribution in [2.24, 2.45) is 0 Å². The van der Waals surface area contributed by atoms with E-state index >= 15 is 0 Å². The molecule has 1 aromatic carbocycles. The van der Waals surface area contributed by atoms with Crippen molar-refractivity contribution in [2.45, 2.75) is 39.7 Å². The van der Waals surface area contributed by atoms with Crippen molar-refractivity contribution in [1.82, 2.24) is 0 Å². The summed E-state index contributed by atoms with van der Waals surface area (Å²) in [6, 6.07) is 8.60. The highest BCUT2D eigenvalue weighted by atomic mass is 16.5. The molecule has 0 saturated heterocycles. The van der Waals surface area contributed by atoms with Crippen LogP contribution in [0.3, 0.4) is 0 Å². The van der Waals surface area contributed by atoms with Crippen molar-refractivity contribution in [3.63, 3.8) is 0 Å². The minimum Gasteiger partial charge on any atom is -0.491 e. The zero-order valence-corrected chi connectivity index (χ0v) is 9.92. The molecule has 1 rings (SSSR count). The van der Waals surface area contributed by atoms with E-state index < -0.39 is 0 Å². The van der Waals surface area contributed by atoms with Crippen LogP contribution >= 0.6 is 0 Å². The first kappa shape index (κ1) is 11.9. The van der Waals surface area contributed by atoms with E-state index in [1.807, 2.05) is 18.2 Å². The normalized spacial score (nSPS) is 12.2. The standard InChI is InChI=1S/C13H21NO/c1-4-10-15-13-9-7-6-8-12(13)14-11(3)5-2/h6-9,11,14H,4-5,10H2,1-3H3. The van der Waals surface area contributed by atoms with Gasteiger partial charge in [0.25, 0.3) is 0 Å². The first-order chi connectivity index (χ1) is 7.27. The zero-order valence-electron chi connectivity index (χ0n) is 9.92. The predicted molar refractivity (Wildman–Crippen MR) is 65.6 cm³/mol. The maximum atomic E-state index is 5.67. The second-order valence-corrected chi connectivity index (χ2v) is 3.80. The van der Waals surface area contributed by atoms with E-state index in [1.165, 1.54) is 0 Å². The molecule has 1 unspecified atom stereocenters. The topological polar surface area (TPSA) is 21.3 Å². The molecule has 0 aliphatic heterocycles. The first-order valence-electron chi connectivity index (χ1n) is 5.76. The zero-order chi connectivity index (χ0) is 11.1. The second-order valence-electron chi connectivity index (χ2n) is 3.80. The molecule has 0 aliphatic rings. The van der Waals surface area contributed by atoms with E-state index in [0.717, 1.165) is 30.9 Å². The lowest BCUT2D eigenvalue weighted by atomic mass is 10.2. The molecule has 0 radical (unpaired) electrons. The minimum atomic E-state index is 0.483. The van der Waals surface area contributed by atoms with E-state index in [9.17, 15) is 0 Å². The van der Waals surface area contributed by atoms with Crippen molar-refractivity contribution in [3.05, 3.63) is 24.3 Å². The van der Waals surface area contributed by atoms with Crippen LogP contribution in [0.4, 0.5) is 5.69 Å². The summed E-state index contributed by atoms with van der Waals surface area (Å²) in [5, 5.41) is 3.44. The van der Waals surface area contributed by atoms with Crippen LogP contribution in [0.5, 0.6) is 5.75 Å². The van der Waals surface area contributed by atoms with E-state index in [0.29, 0.717) is 6.04 Å². The Hall–Kier alpha value is -1.18. The fourth-order valence-electron chi connectivity index (χ4n) is 1.29. The van der Waals surface area contributed by atoms with Gasteiger partial charge in [-0.25, -0.2) is 0 Å². The third-order valence-electron chi connectivity index (χ3n) is 2.36. The number of benzene rings is 1. The number of anilines is 1. The Bertz CT molecular complexity index is 286. The highest BCUT2D eigenvalue weighted by Crippen LogP contribution is 2.24. The molecule has 0 amide bonds. The molecule has 2 nitrogen and oxygen atoms in total. The Morgan fingerprint density at radius 2 is 2.00 bits per heavy atom. The van der Waals surface area contributed by atoms with Crippen LogP contribution in [0, 0.1) is 0 Å². The number of para-hydroxylation sites is 2. The summed E-state index contributed by atoms with van der Waals surface area (Å²) in [7, 11) is 0.